The van der Waals surface area contributed by atoms with Gasteiger partial charge in [-0.15, -0.1) is 0 Å². The molecule has 2 aromatic carbocycles. The fourth-order valence-electron chi connectivity index (χ4n) is 5.69. The summed E-state index contributed by atoms with van der Waals surface area (Å²) in [7, 11) is 0. The number of aromatic nitrogens is 2. The molecule has 1 saturated carbocycles. The molecule has 0 radical (unpaired) electrons. The lowest BCUT2D eigenvalue weighted by molar-refractivity contribution is 0.188. The van der Waals surface area contributed by atoms with Gasteiger partial charge in [-0.05, 0) is 83.7 Å². The Morgan fingerprint density at radius 2 is 1.97 bits per heavy atom. The summed E-state index contributed by atoms with van der Waals surface area (Å²) in [4.78, 5) is 25.1. The van der Waals surface area contributed by atoms with Gasteiger partial charge in [-0.3, -0.25) is 4.90 Å². The van der Waals surface area contributed by atoms with Gasteiger partial charge in [-0.1, -0.05) is 45.4 Å². The maximum atomic E-state index is 13.5. The van der Waals surface area contributed by atoms with Crippen molar-refractivity contribution in [3.63, 3.8) is 0 Å². The first kappa shape index (κ1) is 25.7. The van der Waals surface area contributed by atoms with Crippen molar-refractivity contribution in [2.24, 2.45) is 5.92 Å². The van der Waals surface area contributed by atoms with Crippen LogP contribution in [0.5, 0.6) is 0 Å². The Kier molecular flexibility index (Phi) is 7.28. The van der Waals surface area contributed by atoms with Gasteiger partial charge in [0.15, 0.2) is 4.90 Å². The minimum absolute atomic E-state index is 0.0795. The van der Waals surface area contributed by atoms with E-state index in [1.807, 2.05) is 42.3 Å². The molecule has 2 aliphatic rings. The molecule has 0 bridgehead atoms. The van der Waals surface area contributed by atoms with Crippen molar-refractivity contribution in [2.75, 3.05) is 17.2 Å². The number of nitrogens with one attached hydrogen (secondary N) is 1. The first-order valence-electron chi connectivity index (χ1n) is 13.3. The van der Waals surface area contributed by atoms with Gasteiger partial charge in [0.2, 0.25) is 0 Å². The van der Waals surface area contributed by atoms with E-state index in [9.17, 15) is 9.35 Å². The molecule has 2 atom stereocenters. The summed E-state index contributed by atoms with van der Waals surface area (Å²) < 4.78 is 12.0. The van der Waals surface area contributed by atoms with Crippen LogP contribution in [0.1, 0.15) is 69.7 Å². The molecule has 2 amide bonds. The number of nitrogens with zero attached hydrogens (tertiary/aromatic N) is 3. The quantitative estimate of drug-likeness (QED) is 0.380. The highest BCUT2D eigenvalue weighted by atomic mass is 32.2. The molecule has 3 aromatic rings. The maximum Gasteiger partial charge on any atom is 0.322 e. The van der Waals surface area contributed by atoms with E-state index in [0.717, 1.165) is 33.0 Å². The zero-order chi connectivity index (χ0) is 26.2. The Labute approximate surface area is 223 Å². The zero-order valence-electron chi connectivity index (χ0n) is 22.2. The highest BCUT2D eigenvalue weighted by Crippen LogP contribution is 2.52. The number of rotatable bonds is 7. The Morgan fingerprint density at radius 3 is 2.62 bits per heavy atom. The number of urea groups is 1. The summed E-state index contributed by atoms with van der Waals surface area (Å²) in [6.07, 6.45) is 7.18. The topological polar surface area (TPSA) is 81.2 Å². The van der Waals surface area contributed by atoms with E-state index in [0.29, 0.717) is 30.7 Å². The summed E-state index contributed by atoms with van der Waals surface area (Å²) in [5.41, 5.74) is 6.36. The zero-order valence-corrected chi connectivity index (χ0v) is 23.0. The third kappa shape index (κ3) is 4.87. The Morgan fingerprint density at radius 1 is 1.22 bits per heavy atom. The highest BCUT2D eigenvalue weighted by Gasteiger charge is 2.48. The Balaban J connectivity index is 1.41. The van der Waals surface area contributed by atoms with Gasteiger partial charge in [-0.2, -0.15) is 0 Å². The van der Waals surface area contributed by atoms with Gasteiger partial charge >= 0.3 is 6.03 Å². The number of benzene rings is 2. The molecule has 37 heavy (non-hydrogen) atoms. The molecule has 7 heteroatoms. The van der Waals surface area contributed by atoms with Crippen LogP contribution in [0.3, 0.4) is 0 Å². The van der Waals surface area contributed by atoms with Crippen molar-refractivity contribution in [3.05, 3.63) is 71.8 Å². The predicted octanol–water partition coefficient (Wildman–Crippen LogP) is 6.18. The van der Waals surface area contributed by atoms with Gasteiger partial charge < -0.3 is 9.87 Å². The molecule has 1 aromatic heterocycles. The summed E-state index contributed by atoms with van der Waals surface area (Å²) in [6.45, 7) is 9.65. The van der Waals surface area contributed by atoms with Crippen molar-refractivity contribution in [1.82, 2.24) is 15.3 Å². The third-order valence-electron chi connectivity index (χ3n) is 8.13. The molecular weight excluding hydrogens is 480 g/mol. The standard InChI is InChI=1S/C30H36N4O2S/c1-5-37(36)24-12-9-21(10-13-24)16-32-29(35)34-18-30(4,23-7-6-8-23)26-15-22(11-14-27(26)34)25-17-31-19-33-28(25)20(2)3/h9-15,17,19-20,23H,5-8,16,18H2,1-4H3,(H,32,35). The molecule has 0 spiro atoms. The van der Waals surface area contributed by atoms with Gasteiger partial charge in [-0.25, -0.2) is 14.8 Å². The number of hydrogen-bond donors (Lipinski definition) is 1. The van der Waals surface area contributed by atoms with Crippen LogP contribution < -0.4 is 10.2 Å². The smallest absolute Gasteiger partial charge is 0.322 e. The lowest BCUT2D eigenvalue weighted by atomic mass is 9.64. The average molecular weight is 517 g/mol. The minimum Gasteiger partial charge on any atom is -0.611 e. The largest absolute Gasteiger partial charge is 0.611 e. The number of hydrogen-bond acceptors (Lipinski definition) is 4. The number of anilines is 1. The molecule has 2 heterocycles. The lowest BCUT2D eigenvalue weighted by Crippen LogP contribution is -2.45. The second kappa shape index (κ2) is 10.5. The lowest BCUT2D eigenvalue weighted by Gasteiger charge is -2.41. The molecule has 1 N–H and O–H groups in total. The van der Waals surface area contributed by atoms with Gasteiger partial charge in [0.1, 0.15) is 12.1 Å². The second-order valence-corrected chi connectivity index (χ2v) is 12.5. The number of carbonyl (C=O) groups is 1. The molecule has 1 aliphatic heterocycles. The summed E-state index contributed by atoms with van der Waals surface area (Å²) in [5.74, 6) is 1.47. The molecule has 1 aliphatic carbocycles. The van der Waals surface area contributed by atoms with E-state index in [2.05, 4.69) is 54.3 Å². The summed E-state index contributed by atoms with van der Waals surface area (Å²) >= 11 is -0.971. The van der Waals surface area contributed by atoms with Crippen LogP contribution in [0.2, 0.25) is 0 Å². The highest BCUT2D eigenvalue weighted by molar-refractivity contribution is 7.91. The number of carbonyl (C=O) groups excluding carboxylic acids is 1. The van der Waals surface area contributed by atoms with Crippen molar-refractivity contribution in [2.45, 2.75) is 69.7 Å². The average Bonchev–Trinajstić information content (AvgIpc) is 3.18. The van der Waals surface area contributed by atoms with Crippen LogP contribution in [-0.4, -0.2) is 32.8 Å². The first-order chi connectivity index (χ1) is 17.8. The number of amides is 2. The van der Waals surface area contributed by atoms with Crippen LogP contribution in [-0.2, 0) is 23.1 Å². The van der Waals surface area contributed by atoms with E-state index < -0.39 is 11.2 Å². The molecular formula is C30H36N4O2S. The van der Waals surface area contributed by atoms with Crippen molar-refractivity contribution in [1.29, 1.82) is 0 Å². The minimum atomic E-state index is -0.971. The van der Waals surface area contributed by atoms with E-state index in [4.69, 9.17) is 0 Å². The van der Waals surface area contributed by atoms with E-state index >= 15 is 0 Å². The molecule has 0 saturated heterocycles. The summed E-state index contributed by atoms with van der Waals surface area (Å²) in [6, 6.07) is 14.1. The fourth-order valence-corrected chi connectivity index (χ4v) is 6.46. The normalized spacial score (nSPS) is 20.0. The second-order valence-electron chi connectivity index (χ2n) is 10.8. The predicted molar refractivity (Wildman–Crippen MR) is 149 cm³/mol. The van der Waals surface area contributed by atoms with Crippen molar-refractivity contribution < 1.29 is 9.35 Å². The fraction of sp³-hybridized carbons (Fsp3) is 0.433. The maximum absolute atomic E-state index is 13.5. The van der Waals surface area contributed by atoms with Gasteiger partial charge in [0.05, 0.1) is 5.69 Å². The molecule has 1 fully saturated rings. The van der Waals surface area contributed by atoms with E-state index in [-0.39, 0.29) is 11.4 Å². The molecule has 6 nitrogen and oxygen atoms in total. The number of fused-ring (bicyclic) bond motifs is 1. The van der Waals surface area contributed by atoms with Gasteiger partial charge in [0.25, 0.3) is 0 Å². The molecule has 2 unspecified atom stereocenters. The van der Waals surface area contributed by atoms with Crippen LogP contribution >= 0.6 is 0 Å². The van der Waals surface area contributed by atoms with Crippen LogP contribution in [0.4, 0.5) is 10.5 Å². The SMILES string of the molecule is CC[S+]([O-])c1ccc(CNC(=O)N2CC(C)(C3CCC3)c3cc(-c4cncnc4C(C)C)ccc32)cc1. The van der Waals surface area contributed by atoms with Crippen molar-refractivity contribution in [3.8, 4) is 11.1 Å². The summed E-state index contributed by atoms with van der Waals surface area (Å²) in [5, 5.41) is 3.12. The monoisotopic (exact) mass is 516 g/mol. The molecule has 5 rings (SSSR count). The van der Waals surface area contributed by atoms with Gasteiger partial charge in [0, 0.05) is 36.0 Å². The van der Waals surface area contributed by atoms with Crippen molar-refractivity contribution >= 4 is 22.9 Å². The van der Waals surface area contributed by atoms with E-state index in [1.165, 1.54) is 24.8 Å². The Bertz CT molecular complexity index is 1270. The van der Waals surface area contributed by atoms with Crippen LogP contribution in [0, 0.1) is 5.92 Å². The third-order valence-corrected chi connectivity index (χ3v) is 9.46. The van der Waals surface area contributed by atoms with E-state index in [1.54, 1.807) is 6.33 Å². The molecule has 194 valence electrons. The van der Waals surface area contributed by atoms with Crippen LogP contribution in [0.15, 0.2) is 59.9 Å². The first-order valence-corrected chi connectivity index (χ1v) is 14.6. The Hall–Kier alpha value is -2.90. The van der Waals surface area contributed by atoms with Crippen LogP contribution in [0.25, 0.3) is 11.1 Å².